The molecular formula is C23H18N4O4S. The van der Waals surface area contributed by atoms with E-state index in [0.29, 0.717) is 39.8 Å². The van der Waals surface area contributed by atoms with Crippen LogP contribution < -0.4 is 16.0 Å². The van der Waals surface area contributed by atoms with Gasteiger partial charge in [0, 0.05) is 6.20 Å². The first-order valence-electron chi connectivity index (χ1n) is 9.82. The Morgan fingerprint density at radius 2 is 1.91 bits per heavy atom. The van der Waals surface area contributed by atoms with E-state index in [1.807, 2.05) is 17.5 Å². The summed E-state index contributed by atoms with van der Waals surface area (Å²) in [4.78, 5) is 36.5. The molecule has 5 aromatic rings. The van der Waals surface area contributed by atoms with Gasteiger partial charge in [-0.1, -0.05) is 6.07 Å². The molecule has 4 aromatic heterocycles. The van der Waals surface area contributed by atoms with E-state index >= 15 is 0 Å². The van der Waals surface area contributed by atoms with Crippen LogP contribution in [0.15, 0.2) is 74.1 Å². The zero-order valence-electron chi connectivity index (χ0n) is 17.3. The fourth-order valence-corrected chi connectivity index (χ4v) is 4.17. The quantitative estimate of drug-likeness (QED) is 0.409. The van der Waals surface area contributed by atoms with Crippen LogP contribution in [-0.4, -0.2) is 26.2 Å². The van der Waals surface area contributed by atoms with Crippen LogP contribution in [0.2, 0.25) is 0 Å². The van der Waals surface area contributed by atoms with Crippen LogP contribution in [0.25, 0.3) is 27.5 Å². The third kappa shape index (κ3) is 3.32. The maximum absolute atomic E-state index is 13.5. The molecule has 0 radical (unpaired) electrons. The maximum atomic E-state index is 13.5. The summed E-state index contributed by atoms with van der Waals surface area (Å²) < 4.78 is 13.6. The van der Waals surface area contributed by atoms with Gasteiger partial charge in [-0.3, -0.25) is 9.36 Å². The number of aromatic nitrogens is 4. The van der Waals surface area contributed by atoms with Gasteiger partial charge in [0.05, 0.1) is 29.6 Å². The van der Waals surface area contributed by atoms with E-state index in [9.17, 15) is 9.59 Å². The number of pyridine rings is 1. The molecule has 0 saturated carbocycles. The van der Waals surface area contributed by atoms with E-state index in [2.05, 4.69) is 9.97 Å². The van der Waals surface area contributed by atoms with Gasteiger partial charge in [-0.05, 0) is 54.8 Å². The van der Waals surface area contributed by atoms with Crippen LogP contribution >= 0.6 is 11.3 Å². The lowest BCUT2D eigenvalue weighted by Crippen LogP contribution is -2.40. The third-order valence-electron chi connectivity index (χ3n) is 5.16. The molecule has 0 spiro atoms. The molecule has 160 valence electrons. The Balaban J connectivity index is 1.69. The molecule has 0 N–H and O–H groups in total. The molecule has 0 saturated heterocycles. The van der Waals surface area contributed by atoms with Gasteiger partial charge in [0.1, 0.15) is 17.2 Å². The predicted octanol–water partition coefficient (Wildman–Crippen LogP) is 3.63. The zero-order chi connectivity index (χ0) is 22.2. The Hall–Kier alpha value is -3.98. The van der Waals surface area contributed by atoms with Crippen LogP contribution in [0.5, 0.6) is 5.75 Å². The summed E-state index contributed by atoms with van der Waals surface area (Å²) in [6.07, 6.45) is 1.56. The Bertz CT molecular complexity index is 1530. The minimum Gasteiger partial charge on any atom is -0.497 e. The smallest absolute Gasteiger partial charge is 0.337 e. The highest BCUT2D eigenvalue weighted by Crippen LogP contribution is 2.26. The van der Waals surface area contributed by atoms with Crippen molar-refractivity contribution in [3.63, 3.8) is 0 Å². The van der Waals surface area contributed by atoms with Crippen molar-refractivity contribution in [1.29, 1.82) is 0 Å². The number of hydrogen-bond acceptors (Lipinski definition) is 7. The molecule has 1 aromatic carbocycles. The lowest BCUT2D eigenvalue weighted by molar-refractivity contribution is 0.414. The Kier molecular flexibility index (Phi) is 4.95. The van der Waals surface area contributed by atoms with Gasteiger partial charge >= 0.3 is 5.69 Å². The summed E-state index contributed by atoms with van der Waals surface area (Å²) in [5.74, 6) is 1.69. The average Bonchev–Trinajstić information content (AvgIpc) is 3.47. The first-order valence-corrected chi connectivity index (χ1v) is 10.7. The van der Waals surface area contributed by atoms with Crippen molar-refractivity contribution in [2.45, 2.75) is 13.5 Å². The topological polar surface area (TPSA) is 92.1 Å². The third-order valence-corrected chi connectivity index (χ3v) is 6.02. The number of fused-ring (bicyclic) bond motifs is 1. The molecule has 32 heavy (non-hydrogen) atoms. The van der Waals surface area contributed by atoms with Crippen molar-refractivity contribution in [3.05, 3.63) is 92.4 Å². The summed E-state index contributed by atoms with van der Waals surface area (Å²) in [5.41, 5.74) is 0.455. The highest BCUT2D eigenvalue weighted by atomic mass is 32.1. The minimum atomic E-state index is -0.508. The number of rotatable bonds is 5. The first-order chi connectivity index (χ1) is 15.6. The van der Waals surface area contributed by atoms with Gasteiger partial charge in [-0.25, -0.2) is 19.3 Å². The van der Waals surface area contributed by atoms with Crippen LogP contribution in [0.4, 0.5) is 0 Å². The van der Waals surface area contributed by atoms with Gasteiger partial charge in [0.15, 0.2) is 5.65 Å². The van der Waals surface area contributed by atoms with Crippen LogP contribution in [-0.2, 0) is 6.54 Å². The molecule has 9 heteroatoms. The molecule has 0 bridgehead atoms. The van der Waals surface area contributed by atoms with E-state index in [1.165, 1.54) is 15.9 Å². The first kappa shape index (κ1) is 20.0. The molecule has 5 rings (SSSR count). The monoisotopic (exact) mass is 446 g/mol. The summed E-state index contributed by atoms with van der Waals surface area (Å²) in [6.45, 7) is 1.76. The Labute approximate surface area is 186 Å². The second-order valence-corrected chi connectivity index (χ2v) is 8.03. The molecule has 0 atom stereocenters. The van der Waals surface area contributed by atoms with Crippen molar-refractivity contribution < 1.29 is 9.15 Å². The molecule has 0 aliphatic rings. The lowest BCUT2D eigenvalue weighted by Gasteiger charge is -2.13. The number of oxazole rings is 1. The van der Waals surface area contributed by atoms with Crippen molar-refractivity contribution in [1.82, 2.24) is 19.1 Å². The van der Waals surface area contributed by atoms with Crippen molar-refractivity contribution in [2.75, 3.05) is 7.11 Å². The van der Waals surface area contributed by atoms with Gasteiger partial charge in [-0.2, -0.15) is 0 Å². The highest BCUT2D eigenvalue weighted by molar-refractivity contribution is 7.13. The van der Waals surface area contributed by atoms with E-state index in [4.69, 9.17) is 9.15 Å². The molecule has 0 amide bonds. The number of methoxy groups -OCH3 is 1. The largest absolute Gasteiger partial charge is 0.497 e. The Morgan fingerprint density at radius 1 is 1.09 bits per heavy atom. The Morgan fingerprint density at radius 3 is 2.62 bits per heavy atom. The standard InChI is InChI=1S/C23H18N4O4S/c1-14-18(25-21(31-14)19-6-4-12-32-19)13-26-22(28)17-5-3-11-24-20(17)27(23(26)29)15-7-9-16(30-2)10-8-15/h3-12H,13H2,1-2H3. The number of thiophene rings is 1. The normalized spacial score (nSPS) is 11.2. The molecular weight excluding hydrogens is 428 g/mol. The molecule has 0 aliphatic carbocycles. The minimum absolute atomic E-state index is 0.0145. The second-order valence-electron chi connectivity index (χ2n) is 7.08. The molecule has 0 unspecified atom stereocenters. The SMILES string of the molecule is COc1ccc(-n2c(=O)n(Cc3nc(-c4cccs4)oc3C)c(=O)c3cccnc32)cc1. The molecule has 8 nitrogen and oxygen atoms in total. The van der Waals surface area contributed by atoms with E-state index in [0.717, 1.165) is 9.44 Å². The number of hydrogen-bond donors (Lipinski definition) is 0. The van der Waals surface area contributed by atoms with Gasteiger partial charge in [-0.15, -0.1) is 11.3 Å². The van der Waals surface area contributed by atoms with E-state index in [-0.39, 0.29) is 6.54 Å². The van der Waals surface area contributed by atoms with Crippen molar-refractivity contribution in [2.24, 2.45) is 0 Å². The van der Waals surface area contributed by atoms with Gasteiger partial charge in [0.2, 0.25) is 5.89 Å². The van der Waals surface area contributed by atoms with E-state index in [1.54, 1.807) is 56.6 Å². The highest BCUT2D eigenvalue weighted by Gasteiger charge is 2.19. The van der Waals surface area contributed by atoms with Crippen LogP contribution in [0, 0.1) is 6.92 Å². The summed E-state index contributed by atoms with van der Waals surface area (Å²) >= 11 is 1.51. The summed E-state index contributed by atoms with van der Waals surface area (Å²) in [6, 6.07) is 14.2. The van der Waals surface area contributed by atoms with Crippen LogP contribution in [0.3, 0.4) is 0 Å². The summed E-state index contributed by atoms with van der Waals surface area (Å²) in [5, 5.41) is 2.27. The zero-order valence-corrected chi connectivity index (χ0v) is 18.1. The van der Waals surface area contributed by atoms with Gasteiger partial charge in [0.25, 0.3) is 5.56 Å². The molecule has 4 heterocycles. The van der Waals surface area contributed by atoms with Crippen molar-refractivity contribution >= 4 is 22.4 Å². The predicted molar refractivity (Wildman–Crippen MR) is 122 cm³/mol. The fourth-order valence-electron chi connectivity index (χ4n) is 3.52. The number of nitrogens with zero attached hydrogens (tertiary/aromatic N) is 4. The van der Waals surface area contributed by atoms with Gasteiger partial charge < -0.3 is 9.15 Å². The lowest BCUT2D eigenvalue weighted by atomic mass is 10.2. The van der Waals surface area contributed by atoms with Crippen LogP contribution in [0.1, 0.15) is 11.5 Å². The number of benzene rings is 1. The molecule has 0 aliphatic heterocycles. The second kappa shape index (κ2) is 7.93. The number of ether oxygens (including phenoxy) is 1. The maximum Gasteiger partial charge on any atom is 0.337 e. The number of aryl methyl sites for hydroxylation is 1. The fraction of sp³-hybridized carbons (Fsp3) is 0.130. The van der Waals surface area contributed by atoms with E-state index < -0.39 is 11.2 Å². The molecule has 0 fully saturated rings. The van der Waals surface area contributed by atoms with Crippen molar-refractivity contribution in [3.8, 4) is 22.2 Å². The average molecular weight is 446 g/mol. The summed E-state index contributed by atoms with van der Waals surface area (Å²) in [7, 11) is 1.57.